The Hall–Kier alpha value is -1.50. The number of hydrogen-bond acceptors (Lipinski definition) is 5. The van der Waals surface area contributed by atoms with Crippen LogP contribution in [-0.4, -0.2) is 37.3 Å². The molecule has 1 rings (SSSR count). The molecule has 0 aliphatic rings. The Balaban J connectivity index is 2.64. The van der Waals surface area contributed by atoms with E-state index in [4.69, 9.17) is 10.8 Å². The molecular weight excluding hydrogens is 162 g/mol. The van der Waals surface area contributed by atoms with Crippen molar-refractivity contribution < 1.29 is 9.90 Å². The van der Waals surface area contributed by atoms with Crippen LogP contribution in [0.1, 0.15) is 5.82 Å². The predicted molar refractivity (Wildman–Crippen MR) is 38.1 cm³/mol. The second-order valence-electron chi connectivity index (χ2n) is 2.37. The van der Waals surface area contributed by atoms with Gasteiger partial charge in [-0.25, -0.2) is 4.68 Å². The first-order valence-corrected chi connectivity index (χ1v) is 3.31. The number of carbonyl (C=O) groups is 1. The van der Waals surface area contributed by atoms with Crippen molar-refractivity contribution in [2.24, 2.45) is 12.8 Å². The molecular formula is C5H9N5O2. The van der Waals surface area contributed by atoms with Gasteiger partial charge < -0.3 is 10.8 Å². The van der Waals surface area contributed by atoms with Gasteiger partial charge in [0.1, 0.15) is 6.04 Å². The predicted octanol–water partition coefficient (Wildman–Crippen LogP) is -1.84. The van der Waals surface area contributed by atoms with Crippen LogP contribution in [0.25, 0.3) is 0 Å². The Kier molecular flexibility index (Phi) is 2.34. The molecule has 0 fully saturated rings. The van der Waals surface area contributed by atoms with Crippen molar-refractivity contribution in [3.8, 4) is 0 Å². The molecule has 1 heterocycles. The van der Waals surface area contributed by atoms with Gasteiger partial charge in [0.15, 0.2) is 5.82 Å². The molecule has 0 amide bonds. The van der Waals surface area contributed by atoms with Gasteiger partial charge in [0.2, 0.25) is 0 Å². The van der Waals surface area contributed by atoms with E-state index in [-0.39, 0.29) is 6.42 Å². The summed E-state index contributed by atoms with van der Waals surface area (Å²) >= 11 is 0. The second kappa shape index (κ2) is 3.26. The third kappa shape index (κ3) is 1.76. The van der Waals surface area contributed by atoms with Gasteiger partial charge in [0.05, 0.1) is 0 Å². The zero-order chi connectivity index (χ0) is 9.14. The molecule has 3 N–H and O–H groups in total. The van der Waals surface area contributed by atoms with Crippen molar-refractivity contribution in [2.75, 3.05) is 0 Å². The highest BCUT2D eigenvalue weighted by Gasteiger charge is 2.15. The van der Waals surface area contributed by atoms with Crippen molar-refractivity contribution in [3.63, 3.8) is 0 Å². The van der Waals surface area contributed by atoms with Gasteiger partial charge in [0.25, 0.3) is 0 Å². The molecule has 0 saturated carbocycles. The lowest BCUT2D eigenvalue weighted by Gasteiger charge is -2.02. The lowest BCUT2D eigenvalue weighted by Crippen LogP contribution is -2.33. The first kappa shape index (κ1) is 8.60. The lowest BCUT2D eigenvalue weighted by molar-refractivity contribution is -0.138. The highest BCUT2D eigenvalue weighted by atomic mass is 16.4. The molecule has 66 valence electrons. The third-order valence-electron chi connectivity index (χ3n) is 1.43. The van der Waals surface area contributed by atoms with E-state index in [9.17, 15) is 4.79 Å². The van der Waals surface area contributed by atoms with Crippen molar-refractivity contribution in [1.29, 1.82) is 0 Å². The Morgan fingerprint density at radius 2 is 2.50 bits per heavy atom. The van der Waals surface area contributed by atoms with E-state index in [1.165, 1.54) is 4.68 Å². The number of rotatable bonds is 3. The van der Waals surface area contributed by atoms with E-state index >= 15 is 0 Å². The topological polar surface area (TPSA) is 107 Å². The minimum absolute atomic E-state index is 0.138. The van der Waals surface area contributed by atoms with E-state index in [0.29, 0.717) is 5.82 Å². The van der Waals surface area contributed by atoms with Gasteiger partial charge in [0, 0.05) is 13.5 Å². The molecule has 0 radical (unpaired) electrons. The van der Waals surface area contributed by atoms with Gasteiger partial charge in [-0.3, -0.25) is 4.79 Å². The largest absolute Gasteiger partial charge is 0.480 e. The van der Waals surface area contributed by atoms with Gasteiger partial charge in [-0.1, -0.05) is 0 Å². The quantitative estimate of drug-likeness (QED) is 0.553. The van der Waals surface area contributed by atoms with Crippen molar-refractivity contribution >= 4 is 5.97 Å². The minimum Gasteiger partial charge on any atom is -0.480 e. The Morgan fingerprint density at radius 1 is 1.83 bits per heavy atom. The summed E-state index contributed by atoms with van der Waals surface area (Å²) in [5, 5.41) is 19.0. The summed E-state index contributed by atoms with van der Waals surface area (Å²) in [5.41, 5.74) is 5.27. The van der Waals surface area contributed by atoms with Crippen LogP contribution in [0.4, 0.5) is 0 Å². The van der Waals surface area contributed by atoms with Crippen LogP contribution >= 0.6 is 0 Å². The van der Waals surface area contributed by atoms with E-state index in [1.807, 2.05) is 0 Å². The number of aliphatic carboxylic acids is 1. The Morgan fingerprint density at radius 3 is 2.92 bits per heavy atom. The van der Waals surface area contributed by atoms with E-state index in [1.54, 1.807) is 7.05 Å². The first-order chi connectivity index (χ1) is 5.61. The standard InChI is InChI=1S/C5H9N5O2/c1-10-4(7-8-9-10)2-3(6)5(11)12/h3H,2,6H2,1H3,(H,11,12)/t3-/m1/s1. The van der Waals surface area contributed by atoms with Crippen molar-refractivity contribution in [3.05, 3.63) is 5.82 Å². The normalized spacial score (nSPS) is 12.8. The molecule has 7 nitrogen and oxygen atoms in total. The summed E-state index contributed by atoms with van der Waals surface area (Å²) in [7, 11) is 1.63. The Labute approximate surface area is 68.2 Å². The monoisotopic (exact) mass is 171 g/mol. The molecule has 0 bridgehead atoms. The fourth-order valence-electron chi connectivity index (χ4n) is 0.705. The molecule has 0 aliphatic heterocycles. The summed E-state index contributed by atoms with van der Waals surface area (Å²) in [6, 6.07) is -0.949. The van der Waals surface area contributed by atoms with E-state index in [0.717, 1.165) is 0 Å². The average Bonchev–Trinajstić information content (AvgIpc) is 2.36. The number of nitrogens with zero attached hydrogens (tertiary/aromatic N) is 4. The lowest BCUT2D eigenvalue weighted by atomic mass is 10.2. The molecule has 0 aromatic carbocycles. The fourth-order valence-corrected chi connectivity index (χ4v) is 0.705. The van der Waals surface area contributed by atoms with E-state index < -0.39 is 12.0 Å². The van der Waals surface area contributed by atoms with Crippen LogP contribution in [0.2, 0.25) is 0 Å². The molecule has 0 aliphatic carbocycles. The fraction of sp³-hybridized carbons (Fsp3) is 0.600. The third-order valence-corrected chi connectivity index (χ3v) is 1.43. The molecule has 7 heteroatoms. The van der Waals surface area contributed by atoms with Crippen molar-refractivity contribution in [1.82, 2.24) is 20.2 Å². The summed E-state index contributed by atoms with van der Waals surface area (Å²) in [6.07, 6.45) is 0.138. The van der Waals surface area contributed by atoms with E-state index in [2.05, 4.69) is 15.5 Å². The zero-order valence-electron chi connectivity index (χ0n) is 6.51. The number of aryl methyl sites for hydroxylation is 1. The molecule has 0 unspecified atom stereocenters. The summed E-state index contributed by atoms with van der Waals surface area (Å²) in [6.45, 7) is 0. The molecule has 1 atom stereocenters. The van der Waals surface area contributed by atoms with Gasteiger partial charge in [-0.15, -0.1) is 5.10 Å². The summed E-state index contributed by atoms with van der Waals surface area (Å²) < 4.78 is 1.39. The second-order valence-corrected chi connectivity index (χ2v) is 2.37. The minimum atomic E-state index is -1.06. The van der Waals surface area contributed by atoms with Crippen LogP contribution < -0.4 is 5.73 Å². The molecule has 12 heavy (non-hydrogen) atoms. The number of aromatic nitrogens is 4. The summed E-state index contributed by atoms with van der Waals surface area (Å²) in [4.78, 5) is 10.3. The number of tetrazole rings is 1. The number of nitrogens with two attached hydrogens (primary N) is 1. The molecule has 0 spiro atoms. The number of hydrogen-bond donors (Lipinski definition) is 2. The van der Waals surface area contributed by atoms with Crippen molar-refractivity contribution in [2.45, 2.75) is 12.5 Å². The molecule has 0 saturated heterocycles. The maximum absolute atomic E-state index is 10.3. The first-order valence-electron chi connectivity index (χ1n) is 3.31. The zero-order valence-corrected chi connectivity index (χ0v) is 6.51. The smallest absolute Gasteiger partial charge is 0.320 e. The van der Waals surface area contributed by atoms with Gasteiger partial charge >= 0.3 is 5.97 Å². The van der Waals surface area contributed by atoms with Gasteiger partial charge in [-0.2, -0.15) is 0 Å². The molecule has 1 aromatic rings. The van der Waals surface area contributed by atoms with Crippen LogP contribution in [0.15, 0.2) is 0 Å². The van der Waals surface area contributed by atoms with Crippen LogP contribution in [0.3, 0.4) is 0 Å². The van der Waals surface area contributed by atoms with Crippen LogP contribution in [0.5, 0.6) is 0 Å². The number of carboxylic acids is 1. The SMILES string of the molecule is Cn1nnnc1C[C@@H](N)C(=O)O. The number of carboxylic acid groups (broad SMARTS) is 1. The average molecular weight is 171 g/mol. The van der Waals surface area contributed by atoms with Crippen LogP contribution in [0, 0.1) is 0 Å². The van der Waals surface area contributed by atoms with Gasteiger partial charge in [-0.05, 0) is 10.4 Å². The summed E-state index contributed by atoms with van der Waals surface area (Å²) in [5.74, 6) is -0.595. The Bertz CT molecular complexity index is 283. The molecule has 1 aromatic heterocycles. The highest BCUT2D eigenvalue weighted by Crippen LogP contribution is 1.93. The maximum atomic E-state index is 10.3. The van der Waals surface area contributed by atoms with Crippen LogP contribution in [-0.2, 0) is 18.3 Å². The maximum Gasteiger partial charge on any atom is 0.320 e. The highest BCUT2D eigenvalue weighted by molar-refractivity contribution is 5.73.